The molecular weight excluding hydrogens is 430 g/mol. The molecule has 4 aliphatic rings. The minimum Gasteiger partial charge on any atom is -0.415 e. The van der Waals surface area contributed by atoms with E-state index < -0.39 is 16.6 Å². The number of hydrogen-bond donors (Lipinski definition) is 0. The minimum atomic E-state index is -1.66. The predicted octanol–water partition coefficient (Wildman–Crippen LogP) is 7.08. The zero-order valence-electron chi connectivity index (χ0n) is 22.3. The Morgan fingerprint density at radius 3 is 2.22 bits per heavy atom. The summed E-state index contributed by atoms with van der Waals surface area (Å²) < 4.78 is 13.7. The lowest BCUT2D eigenvalue weighted by Gasteiger charge is -2.63. The molecule has 0 saturated heterocycles. The SMILES string of the molecule is CO/N=C1/CC[C@H]2[C@@H]3CC[C@@H]4C[C@H](O[Si](C)(C)C)CC[C@]4(C)[C@H]3[C@@H](O[Si](C)(C)C)C[C@]12C. The van der Waals surface area contributed by atoms with Crippen molar-refractivity contribution < 1.29 is 13.7 Å². The van der Waals surface area contributed by atoms with Crippen LogP contribution >= 0.6 is 0 Å². The van der Waals surface area contributed by atoms with E-state index in [1.807, 2.05) is 0 Å². The van der Waals surface area contributed by atoms with E-state index in [1.54, 1.807) is 7.11 Å². The fourth-order valence-electron chi connectivity index (χ4n) is 8.53. The van der Waals surface area contributed by atoms with Gasteiger partial charge in [0.25, 0.3) is 0 Å². The molecule has 4 fully saturated rings. The molecule has 0 bridgehead atoms. The van der Waals surface area contributed by atoms with Crippen molar-refractivity contribution >= 4 is 22.3 Å². The van der Waals surface area contributed by atoms with Gasteiger partial charge in [-0.05, 0) is 120 Å². The minimum absolute atomic E-state index is 0.142. The van der Waals surface area contributed by atoms with E-state index in [1.165, 1.54) is 44.2 Å². The molecule has 4 nitrogen and oxygen atoms in total. The average molecular weight is 480 g/mol. The van der Waals surface area contributed by atoms with E-state index in [4.69, 9.17) is 13.7 Å². The summed E-state index contributed by atoms with van der Waals surface area (Å²) >= 11 is 0. The first-order chi connectivity index (χ1) is 14.8. The van der Waals surface area contributed by atoms with Crippen LogP contribution in [0.15, 0.2) is 5.16 Å². The van der Waals surface area contributed by atoms with Crippen molar-refractivity contribution in [1.82, 2.24) is 0 Å². The van der Waals surface area contributed by atoms with Gasteiger partial charge in [-0.3, -0.25) is 0 Å². The second-order valence-electron chi connectivity index (χ2n) is 13.9. The van der Waals surface area contributed by atoms with Gasteiger partial charge >= 0.3 is 0 Å². The van der Waals surface area contributed by atoms with Crippen molar-refractivity contribution in [3.05, 3.63) is 0 Å². The lowest BCUT2D eigenvalue weighted by Crippen LogP contribution is -2.61. The van der Waals surface area contributed by atoms with Gasteiger partial charge in [0, 0.05) is 17.6 Å². The fraction of sp³-hybridized carbons (Fsp3) is 0.962. The monoisotopic (exact) mass is 479 g/mol. The molecular formula is C26H49NO3Si2. The summed E-state index contributed by atoms with van der Waals surface area (Å²) in [5.41, 5.74) is 1.82. The van der Waals surface area contributed by atoms with Crippen LogP contribution in [-0.2, 0) is 13.7 Å². The van der Waals surface area contributed by atoms with Crippen molar-refractivity contribution in [2.45, 2.75) is 117 Å². The largest absolute Gasteiger partial charge is 0.415 e. The molecule has 0 N–H and O–H groups in total. The molecule has 4 aliphatic carbocycles. The third kappa shape index (κ3) is 4.55. The van der Waals surface area contributed by atoms with Crippen LogP contribution in [0.2, 0.25) is 39.3 Å². The molecule has 4 rings (SSSR count). The summed E-state index contributed by atoms with van der Waals surface area (Å²) in [6.07, 6.45) is 10.9. The first kappa shape index (κ1) is 24.9. The summed E-state index contributed by atoms with van der Waals surface area (Å²) in [6.45, 7) is 19.3. The molecule has 0 unspecified atom stereocenters. The standard InChI is InChI=1S/C26H49NO3Si2/c1-25-15-14-19(29-31(4,5)6)16-18(25)10-11-20-21-12-13-23(27-28-3)26(21,2)17-22(24(20)25)30-32(7,8)9/h18-22,24H,10-17H2,1-9H3/b27-23-/t18-,19-,20+,21+,22+,24-,25+,26+/m1/s1. The van der Waals surface area contributed by atoms with Crippen LogP contribution in [0.25, 0.3) is 0 Å². The van der Waals surface area contributed by atoms with Gasteiger partial charge in [-0.2, -0.15) is 0 Å². The van der Waals surface area contributed by atoms with Crippen molar-refractivity contribution in [2.24, 2.45) is 39.7 Å². The van der Waals surface area contributed by atoms with Crippen molar-refractivity contribution in [1.29, 1.82) is 0 Å². The van der Waals surface area contributed by atoms with Crippen LogP contribution in [0.5, 0.6) is 0 Å². The number of oxime groups is 1. The van der Waals surface area contributed by atoms with Gasteiger partial charge in [-0.1, -0.05) is 19.0 Å². The molecule has 32 heavy (non-hydrogen) atoms. The molecule has 0 radical (unpaired) electrons. The summed E-state index contributed by atoms with van der Waals surface area (Å²) in [6, 6.07) is 0. The van der Waals surface area contributed by atoms with Crippen molar-refractivity contribution in [2.75, 3.05) is 7.11 Å². The highest BCUT2D eigenvalue weighted by Crippen LogP contribution is 2.66. The van der Waals surface area contributed by atoms with Gasteiger partial charge in [0.05, 0.1) is 5.71 Å². The van der Waals surface area contributed by atoms with E-state index in [9.17, 15) is 0 Å². The van der Waals surface area contributed by atoms with Gasteiger partial charge in [0.15, 0.2) is 16.6 Å². The Labute approximate surface area is 199 Å². The zero-order valence-corrected chi connectivity index (χ0v) is 24.3. The Hall–Kier alpha value is -0.176. The Balaban J connectivity index is 1.65. The van der Waals surface area contributed by atoms with Crippen LogP contribution in [0.3, 0.4) is 0 Å². The second-order valence-corrected chi connectivity index (χ2v) is 22.8. The van der Waals surface area contributed by atoms with E-state index in [0.717, 1.165) is 30.6 Å². The number of hydrogen-bond acceptors (Lipinski definition) is 4. The number of rotatable bonds is 5. The molecule has 4 saturated carbocycles. The Morgan fingerprint density at radius 2 is 1.59 bits per heavy atom. The van der Waals surface area contributed by atoms with Gasteiger partial charge in [0.2, 0.25) is 0 Å². The fourth-order valence-corrected chi connectivity index (χ4v) is 10.9. The highest BCUT2D eigenvalue weighted by molar-refractivity contribution is 6.70. The Morgan fingerprint density at radius 1 is 0.906 bits per heavy atom. The average Bonchev–Trinajstić information content (AvgIpc) is 2.95. The molecule has 184 valence electrons. The van der Waals surface area contributed by atoms with Gasteiger partial charge < -0.3 is 13.7 Å². The maximum absolute atomic E-state index is 7.09. The predicted molar refractivity (Wildman–Crippen MR) is 138 cm³/mol. The first-order valence-electron chi connectivity index (χ1n) is 13.2. The van der Waals surface area contributed by atoms with E-state index >= 15 is 0 Å². The van der Waals surface area contributed by atoms with Crippen LogP contribution in [0.4, 0.5) is 0 Å². The molecule has 6 heteroatoms. The van der Waals surface area contributed by atoms with Gasteiger partial charge in [0.1, 0.15) is 7.11 Å². The summed E-state index contributed by atoms with van der Waals surface area (Å²) in [5, 5.41) is 4.55. The first-order valence-corrected chi connectivity index (χ1v) is 20.0. The molecule has 0 aromatic carbocycles. The highest BCUT2D eigenvalue weighted by Gasteiger charge is 2.63. The van der Waals surface area contributed by atoms with Crippen LogP contribution in [-0.4, -0.2) is 41.7 Å². The van der Waals surface area contributed by atoms with Gasteiger partial charge in [-0.15, -0.1) is 0 Å². The summed E-state index contributed by atoms with van der Waals surface area (Å²) in [4.78, 5) is 5.31. The number of fused-ring (bicyclic) bond motifs is 5. The third-order valence-corrected chi connectivity index (χ3v) is 11.5. The molecule has 0 spiro atoms. The lowest BCUT2D eigenvalue weighted by molar-refractivity contribution is -0.157. The molecule has 0 amide bonds. The zero-order chi connectivity index (χ0) is 23.5. The van der Waals surface area contributed by atoms with Gasteiger partial charge in [-0.25, -0.2) is 0 Å². The van der Waals surface area contributed by atoms with E-state index in [-0.39, 0.29) is 5.41 Å². The number of nitrogens with zero attached hydrogens (tertiary/aromatic N) is 1. The lowest BCUT2D eigenvalue weighted by atomic mass is 9.44. The van der Waals surface area contributed by atoms with Crippen LogP contribution in [0, 0.1) is 34.5 Å². The topological polar surface area (TPSA) is 40.0 Å². The maximum atomic E-state index is 7.09. The quantitative estimate of drug-likeness (QED) is 0.312. The maximum Gasteiger partial charge on any atom is 0.184 e. The van der Waals surface area contributed by atoms with Crippen LogP contribution in [0.1, 0.15) is 65.2 Å². The molecule has 0 aromatic heterocycles. The smallest absolute Gasteiger partial charge is 0.184 e. The Bertz CT molecular complexity index is 730. The van der Waals surface area contributed by atoms with Crippen molar-refractivity contribution in [3.8, 4) is 0 Å². The third-order valence-electron chi connectivity index (χ3n) is 9.50. The Kier molecular flexibility index (Phi) is 6.62. The van der Waals surface area contributed by atoms with Crippen molar-refractivity contribution in [3.63, 3.8) is 0 Å². The van der Waals surface area contributed by atoms with Crippen LogP contribution < -0.4 is 0 Å². The molecule has 0 aromatic rings. The van der Waals surface area contributed by atoms with E-state index in [2.05, 4.69) is 58.3 Å². The summed E-state index contributed by atoms with van der Waals surface area (Å²) in [7, 11) is -1.45. The second kappa shape index (κ2) is 8.49. The normalized spacial score (nSPS) is 45.8. The van der Waals surface area contributed by atoms with E-state index in [0.29, 0.717) is 23.5 Å². The summed E-state index contributed by atoms with van der Waals surface area (Å²) in [5.74, 6) is 2.96. The molecule has 8 atom stereocenters. The molecule has 0 aliphatic heterocycles. The molecule has 0 heterocycles. The highest BCUT2D eigenvalue weighted by atomic mass is 28.4.